The smallest absolute Gasteiger partial charge is 0.341 e. The maximum absolute atomic E-state index is 13.6. The third-order valence-corrected chi connectivity index (χ3v) is 2.26. The van der Waals surface area contributed by atoms with Crippen LogP contribution >= 0.6 is 0 Å². The summed E-state index contributed by atoms with van der Waals surface area (Å²) in [4.78, 5) is 14.2. The van der Waals surface area contributed by atoms with Crippen molar-refractivity contribution in [2.24, 2.45) is 5.73 Å². The van der Waals surface area contributed by atoms with Crippen LogP contribution in [0.15, 0.2) is 10.6 Å². The first-order valence-electron chi connectivity index (χ1n) is 4.89. The molecule has 0 radical (unpaired) electrons. The van der Waals surface area contributed by atoms with Crippen molar-refractivity contribution in [3.63, 3.8) is 0 Å². The Balaban J connectivity index is 2.63. The molecule has 0 saturated heterocycles. The average Bonchev–Trinajstić information content (AvgIpc) is 2.82. The largest absolute Gasteiger partial charge is 0.477 e. The van der Waals surface area contributed by atoms with E-state index in [1.165, 1.54) is 0 Å². The molecule has 0 spiro atoms. The Kier molecular flexibility index (Phi) is 3.21. The van der Waals surface area contributed by atoms with Gasteiger partial charge in [0.05, 0.1) is 12.1 Å². The first-order valence-corrected chi connectivity index (χ1v) is 4.89. The average molecular weight is 273 g/mol. The minimum absolute atomic E-state index is 0.0578. The van der Waals surface area contributed by atoms with Gasteiger partial charge in [-0.25, -0.2) is 18.0 Å². The molecule has 19 heavy (non-hydrogen) atoms. The third kappa shape index (κ3) is 2.15. The van der Waals surface area contributed by atoms with E-state index in [0.29, 0.717) is 6.07 Å². The molecule has 2 aromatic rings. The summed E-state index contributed by atoms with van der Waals surface area (Å²) in [6, 6.07) is 0.479. The van der Waals surface area contributed by atoms with Crippen molar-refractivity contribution >= 4 is 5.97 Å². The third-order valence-electron chi connectivity index (χ3n) is 2.26. The normalized spacial score (nSPS) is 10.7. The number of rotatable bonds is 3. The molecule has 9 heteroatoms. The van der Waals surface area contributed by atoms with Gasteiger partial charge in [-0.15, -0.1) is 0 Å². The fourth-order valence-electron chi connectivity index (χ4n) is 1.40. The summed E-state index contributed by atoms with van der Waals surface area (Å²) in [7, 11) is 0. The van der Waals surface area contributed by atoms with Gasteiger partial charge >= 0.3 is 5.97 Å². The molecule has 100 valence electrons. The molecule has 0 unspecified atom stereocenters. The van der Waals surface area contributed by atoms with Crippen LogP contribution in [0.3, 0.4) is 0 Å². The summed E-state index contributed by atoms with van der Waals surface area (Å²) in [5, 5.41) is 11.8. The molecule has 0 aliphatic rings. The molecule has 1 aromatic heterocycles. The monoisotopic (exact) mass is 273 g/mol. The zero-order valence-corrected chi connectivity index (χ0v) is 9.15. The highest BCUT2D eigenvalue weighted by molar-refractivity contribution is 5.89. The van der Waals surface area contributed by atoms with Gasteiger partial charge in [0, 0.05) is 0 Å². The second-order valence-corrected chi connectivity index (χ2v) is 3.43. The number of carbonyl (C=O) groups is 1. The standard InChI is InChI=1S/C10H6F3N3O3/c11-4-1-3(9-15-5(2-14)19-16-9)7(12)8(13)6(4)10(17)18/h1H,2,14H2,(H,17,18). The topological polar surface area (TPSA) is 102 Å². The fraction of sp³-hybridized carbons (Fsp3) is 0.100. The van der Waals surface area contributed by atoms with Gasteiger partial charge in [0.25, 0.3) is 0 Å². The number of nitrogens with zero attached hydrogens (tertiary/aromatic N) is 2. The van der Waals surface area contributed by atoms with Gasteiger partial charge in [0.1, 0.15) is 11.4 Å². The molecule has 1 heterocycles. The Hall–Kier alpha value is -2.42. The Morgan fingerprint density at radius 3 is 2.58 bits per heavy atom. The molecule has 0 fully saturated rings. The van der Waals surface area contributed by atoms with Crippen molar-refractivity contribution < 1.29 is 27.6 Å². The number of aromatic nitrogens is 2. The van der Waals surface area contributed by atoms with E-state index in [1.54, 1.807) is 0 Å². The van der Waals surface area contributed by atoms with Crippen LogP contribution in [0.5, 0.6) is 0 Å². The fourth-order valence-corrected chi connectivity index (χ4v) is 1.40. The van der Waals surface area contributed by atoms with Gasteiger partial charge < -0.3 is 15.4 Å². The molecule has 0 bridgehead atoms. The van der Waals surface area contributed by atoms with E-state index >= 15 is 0 Å². The number of carboxylic acid groups (broad SMARTS) is 1. The summed E-state index contributed by atoms with van der Waals surface area (Å²) >= 11 is 0. The Morgan fingerprint density at radius 2 is 2.05 bits per heavy atom. The molecule has 0 amide bonds. The maximum Gasteiger partial charge on any atom is 0.341 e. The molecule has 1 aromatic carbocycles. The number of carboxylic acids is 1. The number of hydrogen-bond acceptors (Lipinski definition) is 5. The van der Waals surface area contributed by atoms with Crippen LogP contribution in [0.4, 0.5) is 13.2 Å². The van der Waals surface area contributed by atoms with Crippen molar-refractivity contribution in [3.05, 3.63) is 35.0 Å². The first kappa shape index (κ1) is 13.0. The van der Waals surface area contributed by atoms with Gasteiger partial charge in [0.15, 0.2) is 11.6 Å². The van der Waals surface area contributed by atoms with Crippen LogP contribution in [0, 0.1) is 17.5 Å². The quantitative estimate of drug-likeness (QED) is 0.817. The van der Waals surface area contributed by atoms with E-state index in [2.05, 4.69) is 14.7 Å². The van der Waals surface area contributed by atoms with Crippen LogP contribution in [-0.4, -0.2) is 21.2 Å². The van der Waals surface area contributed by atoms with E-state index in [0.717, 1.165) is 0 Å². The van der Waals surface area contributed by atoms with Crippen LogP contribution in [-0.2, 0) is 6.54 Å². The van der Waals surface area contributed by atoms with Crippen molar-refractivity contribution in [1.29, 1.82) is 0 Å². The minimum atomic E-state index is -1.92. The number of nitrogens with two attached hydrogens (primary N) is 1. The van der Waals surface area contributed by atoms with Crippen LogP contribution in [0.25, 0.3) is 11.4 Å². The molecule has 0 atom stereocenters. The lowest BCUT2D eigenvalue weighted by molar-refractivity contribution is 0.0685. The molecule has 0 aliphatic carbocycles. The first-order chi connectivity index (χ1) is 8.95. The second kappa shape index (κ2) is 4.69. The van der Waals surface area contributed by atoms with Gasteiger partial charge in [-0.1, -0.05) is 5.16 Å². The summed E-state index contributed by atoms with van der Waals surface area (Å²) in [6.45, 7) is -0.132. The molecule has 0 saturated carbocycles. The van der Waals surface area contributed by atoms with E-state index in [1.807, 2.05) is 0 Å². The van der Waals surface area contributed by atoms with Crippen LogP contribution in [0.2, 0.25) is 0 Å². The number of halogens is 3. The highest BCUT2D eigenvalue weighted by Gasteiger charge is 2.26. The van der Waals surface area contributed by atoms with E-state index < -0.39 is 40.4 Å². The van der Waals surface area contributed by atoms with E-state index in [9.17, 15) is 18.0 Å². The molecule has 6 nitrogen and oxygen atoms in total. The summed E-state index contributed by atoms with van der Waals surface area (Å²) in [5.74, 6) is -7.26. The van der Waals surface area contributed by atoms with Gasteiger partial charge in [-0.3, -0.25) is 0 Å². The van der Waals surface area contributed by atoms with Crippen molar-refractivity contribution in [2.45, 2.75) is 6.54 Å². The summed E-state index contributed by atoms with van der Waals surface area (Å²) < 4.78 is 45.1. The molecule has 2 rings (SSSR count). The highest BCUT2D eigenvalue weighted by Crippen LogP contribution is 2.26. The van der Waals surface area contributed by atoms with Crippen LogP contribution < -0.4 is 5.73 Å². The molecular formula is C10H6F3N3O3. The predicted molar refractivity (Wildman–Crippen MR) is 54.5 cm³/mol. The minimum Gasteiger partial charge on any atom is -0.477 e. The zero-order chi connectivity index (χ0) is 14.2. The van der Waals surface area contributed by atoms with Crippen molar-refractivity contribution in [3.8, 4) is 11.4 Å². The lowest BCUT2D eigenvalue weighted by Crippen LogP contribution is -2.08. The lowest BCUT2D eigenvalue weighted by atomic mass is 10.1. The van der Waals surface area contributed by atoms with Crippen molar-refractivity contribution in [2.75, 3.05) is 0 Å². The number of aromatic carboxylic acids is 1. The maximum atomic E-state index is 13.6. The lowest BCUT2D eigenvalue weighted by Gasteiger charge is -2.04. The SMILES string of the molecule is NCc1nc(-c2cc(F)c(C(=O)O)c(F)c2F)no1. The van der Waals surface area contributed by atoms with Gasteiger partial charge in [-0.2, -0.15) is 4.98 Å². The summed E-state index contributed by atoms with van der Waals surface area (Å²) in [6.07, 6.45) is 0. The van der Waals surface area contributed by atoms with E-state index in [-0.39, 0.29) is 12.4 Å². The van der Waals surface area contributed by atoms with Gasteiger partial charge in [-0.05, 0) is 6.07 Å². The van der Waals surface area contributed by atoms with Crippen molar-refractivity contribution in [1.82, 2.24) is 10.1 Å². The second-order valence-electron chi connectivity index (χ2n) is 3.43. The van der Waals surface area contributed by atoms with Gasteiger partial charge in [0.2, 0.25) is 11.7 Å². The highest BCUT2D eigenvalue weighted by atomic mass is 19.2. The Morgan fingerprint density at radius 1 is 1.37 bits per heavy atom. The Labute approximate surface area is 103 Å². The van der Waals surface area contributed by atoms with E-state index in [4.69, 9.17) is 10.8 Å². The molecule has 0 aliphatic heterocycles. The Bertz CT molecular complexity index is 657. The molecule has 3 N–H and O–H groups in total. The predicted octanol–water partition coefficient (Wildman–Crippen LogP) is 1.31. The van der Waals surface area contributed by atoms with Crippen LogP contribution in [0.1, 0.15) is 16.2 Å². The number of benzene rings is 1. The zero-order valence-electron chi connectivity index (χ0n) is 9.15. The summed E-state index contributed by atoms with van der Waals surface area (Å²) in [5.41, 5.74) is 3.15. The molecular weight excluding hydrogens is 267 g/mol. The number of hydrogen-bond donors (Lipinski definition) is 2.